The van der Waals surface area contributed by atoms with Crippen LogP contribution in [-0.2, 0) is 16.1 Å². The number of esters is 1. The van der Waals surface area contributed by atoms with Gasteiger partial charge in [0.15, 0.2) is 0 Å². The van der Waals surface area contributed by atoms with Crippen LogP contribution in [0, 0.1) is 13.8 Å². The highest BCUT2D eigenvalue weighted by atomic mass is 16.6. The minimum absolute atomic E-state index is 0.0961. The highest BCUT2D eigenvalue weighted by molar-refractivity contribution is 5.91. The number of nitrogens with one attached hydrogen (secondary N) is 1. The van der Waals surface area contributed by atoms with Crippen LogP contribution in [0.15, 0.2) is 57.7 Å². The molecule has 1 heterocycles. The van der Waals surface area contributed by atoms with Crippen molar-refractivity contribution in [3.63, 3.8) is 0 Å². The molecule has 1 atom stereocenters. The number of rotatable bonds is 6. The number of fused-ring (bicyclic) bond motifs is 1. The summed E-state index contributed by atoms with van der Waals surface area (Å²) < 4.78 is 16.0. The maximum atomic E-state index is 12.7. The second-order valence-electron chi connectivity index (χ2n) is 6.97. The summed E-state index contributed by atoms with van der Waals surface area (Å²) in [6, 6.07) is 13.1. The average Bonchev–Trinajstić information content (AvgIpc) is 2.70. The van der Waals surface area contributed by atoms with E-state index in [9.17, 15) is 14.4 Å². The molecule has 3 aromatic rings. The molecule has 0 fully saturated rings. The quantitative estimate of drug-likeness (QED) is 0.375. The normalized spacial score (nSPS) is 11.7. The number of amides is 1. The number of carbonyl (C=O) groups is 2. The predicted molar refractivity (Wildman–Crippen MR) is 111 cm³/mol. The zero-order valence-electron chi connectivity index (χ0n) is 17.1. The van der Waals surface area contributed by atoms with Crippen molar-refractivity contribution in [3.8, 4) is 5.75 Å². The molecule has 0 radical (unpaired) electrons. The lowest BCUT2D eigenvalue weighted by molar-refractivity contribution is -0.136. The smallest absolute Gasteiger partial charge is 0.408 e. The van der Waals surface area contributed by atoms with E-state index < -0.39 is 23.7 Å². The molecular weight excluding hydrogens is 386 g/mol. The predicted octanol–water partition coefficient (Wildman–Crippen LogP) is 4.02. The first-order chi connectivity index (χ1) is 14.4. The molecule has 0 aliphatic carbocycles. The van der Waals surface area contributed by atoms with Gasteiger partial charge < -0.3 is 19.2 Å². The van der Waals surface area contributed by atoms with E-state index in [1.165, 1.54) is 6.07 Å². The Labute approximate surface area is 173 Å². The number of alkyl carbamates (subject to hydrolysis) is 1. The van der Waals surface area contributed by atoms with Gasteiger partial charge >= 0.3 is 17.7 Å². The van der Waals surface area contributed by atoms with Crippen LogP contribution >= 0.6 is 0 Å². The Morgan fingerprint density at radius 2 is 1.83 bits per heavy atom. The Kier molecular flexibility index (Phi) is 6.51. The fourth-order valence-corrected chi connectivity index (χ4v) is 3.07. The Morgan fingerprint density at radius 3 is 2.53 bits per heavy atom. The second kappa shape index (κ2) is 9.26. The standard InChI is InChI=1S/C23H23NO6/c1-4-17(24-23(27)28-13-16-8-6-5-7-9-16)22(26)30-19-11-14(2)10-18-21(19)15(3)12-20(25)29-18/h5-12,17H,4,13H2,1-3H3,(H,24,27). The molecule has 0 aliphatic rings. The van der Waals surface area contributed by atoms with Crippen LogP contribution < -0.4 is 15.7 Å². The molecule has 1 aromatic heterocycles. The van der Waals surface area contributed by atoms with Crippen molar-refractivity contribution in [1.82, 2.24) is 5.32 Å². The topological polar surface area (TPSA) is 94.8 Å². The zero-order chi connectivity index (χ0) is 21.7. The van der Waals surface area contributed by atoms with Gasteiger partial charge in [-0.3, -0.25) is 0 Å². The fraction of sp³-hybridized carbons (Fsp3) is 0.261. The van der Waals surface area contributed by atoms with Gasteiger partial charge in [0.05, 0.1) is 5.39 Å². The SMILES string of the molecule is CCC(NC(=O)OCc1ccccc1)C(=O)Oc1cc(C)cc2oc(=O)cc(C)c12. The van der Waals surface area contributed by atoms with Crippen molar-refractivity contribution < 1.29 is 23.5 Å². The van der Waals surface area contributed by atoms with E-state index in [0.717, 1.165) is 11.1 Å². The molecule has 2 aromatic carbocycles. The van der Waals surface area contributed by atoms with Gasteiger partial charge in [0.25, 0.3) is 0 Å². The maximum absolute atomic E-state index is 12.7. The van der Waals surface area contributed by atoms with E-state index in [1.807, 2.05) is 30.3 Å². The molecular formula is C23H23NO6. The summed E-state index contributed by atoms with van der Waals surface area (Å²) >= 11 is 0. The third-order valence-corrected chi connectivity index (χ3v) is 4.56. The first-order valence-electron chi connectivity index (χ1n) is 9.61. The lowest BCUT2D eigenvalue weighted by Gasteiger charge is -2.17. The summed E-state index contributed by atoms with van der Waals surface area (Å²) in [4.78, 5) is 36.5. The van der Waals surface area contributed by atoms with E-state index in [0.29, 0.717) is 23.0 Å². The van der Waals surface area contributed by atoms with Crippen molar-refractivity contribution in [2.45, 2.75) is 39.8 Å². The molecule has 30 heavy (non-hydrogen) atoms. The summed E-state index contributed by atoms with van der Waals surface area (Å²) in [6.07, 6.45) is -0.393. The Bertz CT molecular complexity index is 1120. The molecule has 1 N–H and O–H groups in total. The number of carbonyl (C=O) groups excluding carboxylic acids is 2. The summed E-state index contributed by atoms with van der Waals surface area (Å²) in [5, 5.41) is 3.07. The first kappa shape index (κ1) is 21.1. The van der Waals surface area contributed by atoms with Crippen molar-refractivity contribution in [2.75, 3.05) is 0 Å². The van der Waals surface area contributed by atoms with Crippen molar-refractivity contribution in [2.24, 2.45) is 0 Å². The number of benzene rings is 2. The summed E-state index contributed by atoms with van der Waals surface area (Å²) in [7, 11) is 0. The van der Waals surface area contributed by atoms with Crippen LogP contribution in [0.3, 0.4) is 0 Å². The molecule has 0 spiro atoms. The molecule has 7 nitrogen and oxygen atoms in total. The molecule has 7 heteroatoms. The highest BCUT2D eigenvalue weighted by Crippen LogP contribution is 2.29. The minimum Gasteiger partial charge on any atom is -0.445 e. The fourth-order valence-electron chi connectivity index (χ4n) is 3.07. The third kappa shape index (κ3) is 5.05. The van der Waals surface area contributed by atoms with E-state index in [1.54, 1.807) is 32.9 Å². The monoisotopic (exact) mass is 409 g/mol. The van der Waals surface area contributed by atoms with E-state index in [2.05, 4.69) is 5.32 Å². The van der Waals surface area contributed by atoms with Gasteiger partial charge in [-0.25, -0.2) is 14.4 Å². The van der Waals surface area contributed by atoms with Gasteiger partial charge in [-0.05, 0) is 49.1 Å². The van der Waals surface area contributed by atoms with E-state index >= 15 is 0 Å². The van der Waals surface area contributed by atoms with Gasteiger partial charge in [-0.1, -0.05) is 37.3 Å². The molecule has 0 saturated heterocycles. The van der Waals surface area contributed by atoms with Crippen molar-refractivity contribution in [1.29, 1.82) is 0 Å². The first-order valence-corrected chi connectivity index (χ1v) is 9.61. The molecule has 0 bridgehead atoms. The van der Waals surface area contributed by atoms with Crippen molar-refractivity contribution in [3.05, 3.63) is 75.6 Å². The molecule has 0 aliphatic heterocycles. The van der Waals surface area contributed by atoms with Crippen LogP contribution in [0.5, 0.6) is 5.75 Å². The van der Waals surface area contributed by atoms with E-state index in [-0.39, 0.29) is 12.4 Å². The number of hydrogen-bond donors (Lipinski definition) is 1. The minimum atomic E-state index is -0.889. The molecule has 156 valence electrons. The van der Waals surface area contributed by atoms with Crippen LogP contribution in [0.25, 0.3) is 11.0 Å². The van der Waals surface area contributed by atoms with Gasteiger partial charge in [0, 0.05) is 6.07 Å². The van der Waals surface area contributed by atoms with Crippen LogP contribution in [0.4, 0.5) is 4.79 Å². The number of ether oxygens (including phenoxy) is 2. The van der Waals surface area contributed by atoms with Crippen LogP contribution in [0.2, 0.25) is 0 Å². The van der Waals surface area contributed by atoms with Gasteiger partial charge in [-0.2, -0.15) is 0 Å². The van der Waals surface area contributed by atoms with E-state index in [4.69, 9.17) is 13.9 Å². The lowest BCUT2D eigenvalue weighted by atomic mass is 10.1. The van der Waals surface area contributed by atoms with Crippen LogP contribution in [0.1, 0.15) is 30.0 Å². The maximum Gasteiger partial charge on any atom is 0.408 e. The summed E-state index contributed by atoms with van der Waals surface area (Å²) in [6.45, 7) is 5.39. The Morgan fingerprint density at radius 1 is 1.10 bits per heavy atom. The van der Waals surface area contributed by atoms with Crippen LogP contribution in [-0.4, -0.2) is 18.1 Å². The highest BCUT2D eigenvalue weighted by Gasteiger charge is 2.23. The molecule has 3 rings (SSSR count). The number of hydrogen-bond acceptors (Lipinski definition) is 6. The Balaban J connectivity index is 1.72. The second-order valence-corrected chi connectivity index (χ2v) is 6.97. The zero-order valence-corrected chi connectivity index (χ0v) is 17.1. The van der Waals surface area contributed by atoms with Gasteiger partial charge in [0.1, 0.15) is 24.0 Å². The van der Waals surface area contributed by atoms with Gasteiger partial charge in [-0.15, -0.1) is 0 Å². The number of aryl methyl sites for hydroxylation is 2. The molecule has 0 saturated carbocycles. The summed E-state index contributed by atoms with van der Waals surface area (Å²) in [5.74, 6) is -0.360. The third-order valence-electron chi connectivity index (χ3n) is 4.56. The average molecular weight is 409 g/mol. The largest absolute Gasteiger partial charge is 0.445 e. The van der Waals surface area contributed by atoms with Gasteiger partial charge in [0.2, 0.25) is 0 Å². The van der Waals surface area contributed by atoms with Crippen molar-refractivity contribution >= 4 is 23.0 Å². The Hall–Kier alpha value is -3.61. The summed E-state index contributed by atoms with van der Waals surface area (Å²) in [5.41, 5.74) is 2.10. The molecule has 1 unspecified atom stereocenters. The lowest BCUT2D eigenvalue weighted by Crippen LogP contribution is -2.42. The molecule has 1 amide bonds.